The first kappa shape index (κ1) is 23.8. The molecule has 1 amide bonds. The fraction of sp³-hybridized carbons (Fsp3) is 0.387. The third-order valence-electron chi connectivity index (χ3n) is 7.72. The average Bonchev–Trinajstić information content (AvgIpc) is 3.38. The van der Waals surface area contributed by atoms with Gasteiger partial charge in [0.1, 0.15) is 5.60 Å². The lowest BCUT2D eigenvalue weighted by Gasteiger charge is -2.32. The van der Waals surface area contributed by atoms with E-state index in [2.05, 4.69) is 64.8 Å². The number of amides is 1. The van der Waals surface area contributed by atoms with Gasteiger partial charge in [-0.05, 0) is 61.4 Å². The van der Waals surface area contributed by atoms with Gasteiger partial charge in [-0.25, -0.2) is 0 Å². The van der Waals surface area contributed by atoms with Crippen molar-refractivity contribution in [1.29, 1.82) is 0 Å². The molecule has 4 heteroatoms. The van der Waals surface area contributed by atoms with Crippen LogP contribution in [0.3, 0.4) is 0 Å². The molecule has 0 spiro atoms. The molecule has 1 unspecified atom stereocenters. The number of nitrogens with one attached hydrogen (secondary N) is 1. The third kappa shape index (κ3) is 5.66. The van der Waals surface area contributed by atoms with Gasteiger partial charge in [0.15, 0.2) is 0 Å². The maximum Gasteiger partial charge on any atom is 0.225 e. The smallest absolute Gasteiger partial charge is 0.225 e. The van der Waals surface area contributed by atoms with Gasteiger partial charge in [-0.15, -0.1) is 0 Å². The molecule has 2 saturated heterocycles. The molecule has 0 saturated carbocycles. The molecule has 0 aliphatic carbocycles. The lowest BCUT2D eigenvalue weighted by Crippen LogP contribution is -2.36. The summed E-state index contributed by atoms with van der Waals surface area (Å²) in [6, 6.07) is 31.4. The second kappa shape index (κ2) is 11.2. The number of likely N-dealkylation sites (tertiary alicyclic amines) is 1. The fourth-order valence-corrected chi connectivity index (χ4v) is 5.68. The van der Waals surface area contributed by atoms with Crippen LogP contribution in [-0.4, -0.2) is 37.0 Å². The normalized spacial score (nSPS) is 20.5. The van der Waals surface area contributed by atoms with E-state index in [0.717, 1.165) is 43.7 Å². The summed E-state index contributed by atoms with van der Waals surface area (Å²) in [5.74, 6) is 0.679. The van der Waals surface area contributed by atoms with Gasteiger partial charge in [-0.2, -0.15) is 0 Å². The minimum absolute atomic E-state index is 0.125. The Morgan fingerprint density at radius 3 is 2.03 bits per heavy atom. The molecule has 0 aromatic heterocycles. The molecule has 0 bridgehead atoms. The van der Waals surface area contributed by atoms with E-state index in [-0.39, 0.29) is 11.8 Å². The zero-order valence-electron chi connectivity index (χ0n) is 20.4. The monoisotopic (exact) mass is 468 g/mol. The van der Waals surface area contributed by atoms with Crippen molar-refractivity contribution in [2.24, 2.45) is 11.8 Å². The molecule has 3 aromatic rings. The van der Waals surface area contributed by atoms with Crippen LogP contribution < -0.4 is 5.32 Å². The summed E-state index contributed by atoms with van der Waals surface area (Å²) in [7, 11) is 0. The molecule has 1 atom stereocenters. The second-order valence-corrected chi connectivity index (χ2v) is 10.1. The Morgan fingerprint density at radius 1 is 0.857 bits per heavy atom. The number of hydrogen-bond donors (Lipinski definition) is 1. The van der Waals surface area contributed by atoms with Gasteiger partial charge in [0.2, 0.25) is 5.91 Å². The zero-order chi connectivity index (χ0) is 23.9. The van der Waals surface area contributed by atoms with Crippen LogP contribution in [0, 0.1) is 11.8 Å². The summed E-state index contributed by atoms with van der Waals surface area (Å²) in [4.78, 5) is 15.6. The number of nitrogens with zero attached hydrogens (tertiary/aromatic N) is 1. The first-order valence-electron chi connectivity index (χ1n) is 13.0. The van der Waals surface area contributed by atoms with E-state index < -0.39 is 5.60 Å². The molecular weight excluding hydrogens is 432 g/mol. The van der Waals surface area contributed by atoms with E-state index in [0.29, 0.717) is 18.9 Å². The molecule has 0 radical (unpaired) electrons. The van der Waals surface area contributed by atoms with Crippen molar-refractivity contribution in [3.05, 3.63) is 108 Å². The SMILES string of the molecule is O=C(NCCC1CCN(Cc2ccccc2)CC1)C1COC(c2ccccc2)(c2ccccc2)C1. The van der Waals surface area contributed by atoms with Crippen LogP contribution in [0.15, 0.2) is 91.0 Å². The van der Waals surface area contributed by atoms with Crippen LogP contribution in [0.2, 0.25) is 0 Å². The van der Waals surface area contributed by atoms with Gasteiger partial charge < -0.3 is 10.1 Å². The number of benzene rings is 3. The number of rotatable bonds is 8. The maximum absolute atomic E-state index is 13.1. The van der Waals surface area contributed by atoms with Crippen LogP contribution in [0.5, 0.6) is 0 Å². The summed E-state index contributed by atoms with van der Waals surface area (Å²) in [6.45, 7) is 4.52. The molecule has 2 aliphatic rings. The molecule has 182 valence electrons. The van der Waals surface area contributed by atoms with Crippen LogP contribution in [0.25, 0.3) is 0 Å². The number of hydrogen-bond acceptors (Lipinski definition) is 3. The number of piperidine rings is 1. The van der Waals surface area contributed by atoms with Gasteiger partial charge >= 0.3 is 0 Å². The fourth-order valence-electron chi connectivity index (χ4n) is 5.68. The van der Waals surface area contributed by atoms with Crippen LogP contribution in [0.1, 0.15) is 42.4 Å². The second-order valence-electron chi connectivity index (χ2n) is 10.1. The Labute approximate surface area is 209 Å². The number of carbonyl (C=O) groups is 1. The Balaban J connectivity index is 1.11. The van der Waals surface area contributed by atoms with Crippen molar-refractivity contribution in [1.82, 2.24) is 10.2 Å². The van der Waals surface area contributed by atoms with Crippen LogP contribution >= 0.6 is 0 Å². The highest BCUT2D eigenvalue weighted by atomic mass is 16.5. The van der Waals surface area contributed by atoms with Gasteiger partial charge in [0.05, 0.1) is 12.5 Å². The summed E-state index contributed by atoms with van der Waals surface area (Å²) >= 11 is 0. The highest BCUT2D eigenvalue weighted by Crippen LogP contribution is 2.44. The van der Waals surface area contributed by atoms with Crippen molar-refractivity contribution in [2.75, 3.05) is 26.2 Å². The minimum Gasteiger partial charge on any atom is -0.365 e. The lowest BCUT2D eigenvalue weighted by atomic mass is 9.81. The van der Waals surface area contributed by atoms with Crippen molar-refractivity contribution >= 4 is 5.91 Å². The van der Waals surface area contributed by atoms with Gasteiger partial charge in [-0.3, -0.25) is 9.69 Å². The van der Waals surface area contributed by atoms with E-state index in [4.69, 9.17) is 4.74 Å². The molecule has 35 heavy (non-hydrogen) atoms. The van der Waals surface area contributed by atoms with E-state index in [1.54, 1.807) is 0 Å². The molecule has 4 nitrogen and oxygen atoms in total. The Hall–Kier alpha value is -2.95. The molecular formula is C31H36N2O2. The first-order valence-corrected chi connectivity index (χ1v) is 13.0. The van der Waals surface area contributed by atoms with Crippen molar-refractivity contribution in [3.63, 3.8) is 0 Å². The predicted octanol–water partition coefficient (Wildman–Crippen LogP) is 5.39. The maximum atomic E-state index is 13.1. The zero-order valence-corrected chi connectivity index (χ0v) is 20.4. The van der Waals surface area contributed by atoms with Crippen molar-refractivity contribution < 1.29 is 9.53 Å². The Bertz CT molecular complexity index is 1020. The van der Waals surface area contributed by atoms with E-state index in [1.807, 2.05) is 36.4 Å². The predicted molar refractivity (Wildman–Crippen MR) is 140 cm³/mol. The highest BCUT2D eigenvalue weighted by Gasteiger charge is 2.45. The van der Waals surface area contributed by atoms with Crippen molar-refractivity contribution in [3.8, 4) is 0 Å². The largest absolute Gasteiger partial charge is 0.365 e. The number of ether oxygens (including phenoxy) is 1. The summed E-state index contributed by atoms with van der Waals surface area (Å²) in [5.41, 5.74) is 3.06. The summed E-state index contributed by atoms with van der Waals surface area (Å²) < 4.78 is 6.44. The molecule has 2 heterocycles. The molecule has 1 N–H and O–H groups in total. The van der Waals surface area contributed by atoms with Gasteiger partial charge in [-0.1, -0.05) is 91.0 Å². The minimum atomic E-state index is -0.559. The lowest BCUT2D eigenvalue weighted by molar-refractivity contribution is -0.125. The van der Waals surface area contributed by atoms with Crippen LogP contribution in [0.4, 0.5) is 0 Å². The molecule has 2 aliphatic heterocycles. The van der Waals surface area contributed by atoms with Crippen LogP contribution in [-0.2, 0) is 21.7 Å². The number of carbonyl (C=O) groups excluding carboxylic acids is 1. The molecule has 2 fully saturated rings. The third-order valence-corrected chi connectivity index (χ3v) is 7.72. The highest BCUT2D eigenvalue weighted by molar-refractivity contribution is 5.79. The Morgan fingerprint density at radius 2 is 1.43 bits per heavy atom. The summed E-state index contributed by atoms with van der Waals surface area (Å²) in [5, 5.41) is 3.23. The molecule has 5 rings (SSSR count). The average molecular weight is 469 g/mol. The van der Waals surface area contributed by atoms with Crippen molar-refractivity contribution in [2.45, 2.75) is 37.8 Å². The quantitative estimate of drug-likeness (QED) is 0.482. The van der Waals surface area contributed by atoms with Gasteiger partial charge in [0.25, 0.3) is 0 Å². The van der Waals surface area contributed by atoms with E-state index in [9.17, 15) is 4.79 Å². The first-order chi connectivity index (χ1) is 17.2. The Kier molecular flexibility index (Phi) is 7.60. The standard InChI is InChI=1S/C31H36N2O2/c34-30(32-19-16-25-17-20-33(21-18-25)23-26-10-4-1-5-11-26)27-22-31(35-24-27,28-12-6-2-7-13-28)29-14-8-3-9-15-29/h1-15,25,27H,16-24H2,(H,32,34). The summed E-state index contributed by atoms with van der Waals surface area (Å²) in [6.07, 6.45) is 4.15. The van der Waals surface area contributed by atoms with Gasteiger partial charge in [0, 0.05) is 13.1 Å². The van der Waals surface area contributed by atoms with E-state index in [1.165, 1.54) is 18.4 Å². The topological polar surface area (TPSA) is 41.6 Å². The van der Waals surface area contributed by atoms with E-state index >= 15 is 0 Å². The molecule has 3 aromatic carbocycles.